The standard InChI is InChI=1S/C42H42ClN5O7/c1-41(2)39(42(3,4)40(41)55-28-10-11-32(44-5)31(43)20-28)54-27-8-6-23(7-9-27)36(51)46-16-14-26(15-17-46)47-21-24-18-29-30(19-25(24)22-47)38(53)48(37(29)52)33-12-13-34(49)45-35(33)50/h6-11,18-20,26,33,39-40H,12-17,21-22H2,1-4H3,(H,45,49,50). The van der Waals surface area contributed by atoms with Gasteiger partial charge in [-0.25, -0.2) is 4.85 Å². The van der Waals surface area contributed by atoms with Crippen LogP contribution in [-0.4, -0.2) is 81.6 Å². The first-order chi connectivity index (χ1) is 26.2. The summed E-state index contributed by atoms with van der Waals surface area (Å²) < 4.78 is 12.9. The Bertz CT molecular complexity index is 2130. The van der Waals surface area contributed by atoms with Gasteiger partial charge >= 0.3 is 0 Å². The van der Waals surface area contributed by atoms with Crippen LogP contribution in [0.5, 0.6) is 11.5 Å². The molecule has 55 heavy (non-hydrogen) atoms. The molecule has 0 bridgehead atoms. The molecule has 3 fully saturated rings. The number of hydrogen-bond donors (Lipinski definition) is 1. The van der Waals surface area contributed by atoms with E-state index in [-0.39, 0.29) is 47.8 Å². The molecule has 1 unspecified atom stereocenters. The van der Waals surface area contributed by atoms with Gasteiger partial charge in [0.15, 0.2) is 0 Å². The van der Waals surface area contributed by atoms with Gasteiger partial charge in [0.2, 0.25) is 17.5 Å². The molecule has 2 saturated heterocycles. The number of piperidine rings is 2. The highest BCUT2D eigenvalue weighted by molar-refractivity contribution is 6.33. The van der Waals surface area contributed by atoms with Crippen LogP contribution in [-0.2, 0) is 22.7 Å². The molecule has 0 radical (unpaired) electrons. The Kier molecular flexibility index (Phi) is 9.01. The molecule has 4 heterocycles. The number of nitrogens with one attached hydrogen (secondary N) is 1. The number of ether oxygens (including phenoxy) is 2. The summed E-state index contributed by atoms with van der Waals surface area (Å²) in [4.78, 5) is 72.9. The van der Waals surface area contributed by atoms with Gasteiger partial charge in [0.05, 0.1) is 22.7 Å². The molecule has 0 aromatic heterocycles. The van der Waals surface area contributed by atoms with E-state index in [1.54, 1.807) is 30.3 Å². The van der Waals surface area contributed by atoms with E-state index < -0.39 is 29.7 Å². The molecule has 12 nitrogen and oxygen atoms in total. The van der Waals surface area contributed by atoms with Gasteiger partial charge in [-0.3, -0.25) is 39.1 Å². The highest BCUT2D eigenvalue weighted by Gasteiger charge is 2.65. The van der Waals surface area contributed by atoms with Crippen LogP contribution in [0.25, 0.3) is 4.85 Å². The van der Waals surface area contributed by atoms with Gasteiger partial charge in [0, 0.05) is 55.0 Å². The summed E-state index contributed by atoms with van der Waals surface area (Å²) in [7, 11) is 0. The lowest BCUT2D eigenvalue weighted by atomic mass is 9.51. The summed E-state index contributed by atoms with van der Waals surface area (Å²) in [5, 5.41) is 2.60. The number of nitrogens with zero attached hydrogens (tertiary/aromatic N) is 4. The van der Waals surface area contributed by atoms with Crippen molar-refractivity contribution < 1.29 is 33.4 Å². The van der Waals surface area contributed by atoms with Crippen LogP contribution in [0.1, 0.15) is 95.6 Å². The van der Waals surface area contributed by atoms with Crippen LogP contribution < -0.4 is 14.8 Å². The molecule has 0 spiro atoms. The minimum Gasteiger partial charge on any atom is -0.489 e. The zero-order chi connectivity index (χ0) is 39.0. The molecule has 5 aliphatic rings. The van der Waals surface area contributed by atoms with E-state index in [9.17, 15) is 24.0 Å². The number of fused-ring (bicyclic) bond motifs is 2. The number of amides is 5. The Hall–Kier alpha value is -5.25. The molecule has 1 atom stereocenters. The third-order valence-electron chi connectivity index (χ3n) is 12.1. The molecule has 3 aromatic carbocycles. The smallest absolute Gasteiger partial charge is 0.262 e. The molecule has 1 saturated carbocycles. The van der Waals surface area contributed by atoms with Crippen molar-refractivity contribution in [3.63, 3.8) is 0 Å². The molecule has 5 amide bonds. The first-order valence-corrected chi connectivity index (χ1v) is 19.1. The van der Waals surface area contributed by atoms with Crippen molar-refractivity contribution in [2.75, 3.05) is 13.1 Å². The van der Waals surface area contributed by atoms with Crippen molar-refractivity contribution in [3.8, 4) is 11.5 Å². The predicted molar refractivity (Wildman–Crippen MR) is 202 cm³/mol. The minimum atomic E-state index is -0.985. The highest BCUT2D eigenvalue weighted by atomic mass is 35.5. The van der Waals surface area contributed by atoms with Crippen molar-refractivity contribution in [3.05, 3.63) is 98.9 Å². The summed E-state index contributed by atoms with van der Waals surface area (Å²) in [6, 6.07) is 15.3. The van der Waals surface area contributed by atoms with Gasteiger partial charge < -0.3 is 14.4 Å². The van der Waals surface area contributed by atoms with Crippen LogP contribution >= 0.6 is 11.6 Å². The predicted octanol–water partition coefficient (Wildman–Crippen LogP) is 6.17. The summed E-state index contributed by atoms with van der Waals surface area (Å²) in [5.41, 5.74) is 2.89. The molecular formula is C42H42ClN5O7. The Morgan fingerprint density at radius 1 is 0.818 bits per heavy atom. The van der Waals surface area contributed by atoms with Crippen molar-refractivity contribution in [2.45, 2.75) is 90.8 Å². The monoisotopic (exact) mass is 763 g/mol. The number of halogens is 1. The van der Waals surface area contributed by atoms with Crippen molar-refractivity contribution in [1.82, 2.24) is 20.0 Å². The third kappa shape index (κ3) is 6.23. The molecule has 8 rings (SSSR count). The number of carbonyl (C=O) groups excluding carboxylic acids is 5. The van der Waals surface area contributed by atoms with Crippen molar-refractivity contribution in [2.24, 2.45) is 10.8 Å². The summed E-state index contributed by atoms with van der Waals surface area (Å²) in [5.74, 6) is -0.748. The lowest BCUT2D eigenvalue weighted by Gasteiger charge is -2.62. The number of imide groups is 2. The maximum Gasteiger partial charge on any atom is 0.262 e. The number of rotatable bonds is 7. The van der Waals surface area contributed by atoms with Gasteiger partial charge in [-0.15, -0.1) is 0 Å². The average molecular weight is 764 g/mol. The minimum absolute atomic E-state index is 0.0237. The summed E-state index contributed by atoms with van der Waals surface area (Å²) in [6.07, 6.45) is 1.48. The zero-order valence-electron chi connectivity index (χ0n) is 31.2. The fraction of sp³-hybridized carbons (Fsp3) is 0.429. The molecule has 1 aliphatic carbocycles. The molecule has 4 aliphatic heterocycles. The van der Waals surface area contributed by atoms with Gasteiger partial charge in [0.25, 0.3) is 17.7 Å². The molecule has 13 heteroatoms. The van der Waals surface area contributed by atoms with E-state index in [0.29, 0.717) is 65.1 Å². The molecular weight excluding hydrogens is 722 g/mol. The van der Waals surface area contributed by atoms with E-state index in [0.717, 1.165) is 28.9 Å². The van der Waals surface area contributed by atoms with Crippen LogP contribution in [0, 0.1) is 17.4 Å². The fourth-order valence-corrected chi connectivity index (χ4v) is 9.79. The largest absolute Gasteiger partial charge is 0.489 e. The van der Waals surface area contributed by atoms with E-state index >= 15 is 0 Å². The topological polar surface area (TPSA) is 130 Å². The number of carbonyl (C=O) groups is 5. The van der Waals surface area contributed by atoms with Gasteiger partial charge in [-0.2, -0.15) is 0 Å². The quantitative estimate of drug-likeness (QED) is 0.224. The number of benzene rings is 3. The lowest BCUT2D eigenvalue weighted by molar-refractivity contribution is -0.224. The number of hydrogen-bond acceptors (Lipinski definition) is 8. The molecule has 1 N–H and O–H groups in total. The molecule has 284 valence electrons. The van der Waals surface area contributed by atoms with Gasteiger partial charge in [0.1, 0.15) is 29.7 Å². The van der Waals surface area contributed by atoms with Gasteiger partial charge in [-0.1, -0.05) is 45.4 Å². The van der Waals surface area contributed by atoms with E-state index in [1.165, 1.54) is 0 Å². The maximum atomic E-state index is 13.6. The van der Waals surface area contributed by atoms with Crippen LogP contribution in [0.4, 0.5) is 5.69 Å². The second-order valence-electron chi connectivity index (χ2n) is 16.4. The third-order valence-corrected chi connectivity index (χ3v) is 12.4. The van der Waals surface area contributed by atoms with Crippen LogP contribution in [0.15, 0.2) is 54.6 Å². The van der Waals surface area contributed by atoms with E-state index in [4.69, 9.17) is 27.6 Å². The Morgan fingerprint density at radius 3 is 1.93 bits per heavy atom. The summed E-state index contributed by atoms with van der Waals surface area (Å²) >= 11 is 6.25. The Morgan fingerprint density at radius 2 is 1.38 bits per heavy atom. The first kappa shape index (κ1) is 36.7. The van der Waals surface area contributed by atoms with Crippen molar-refractivity contribution >= 4 is 46.8 Å². The first-order valence-electron chi connectivity index (χ1n) is 18.7. The summed E-state index contributed by atoms with van der Waals surface area (Å²) in [6.45, 7) is 18.2. The SMILES string of the molecule is [C-]#[N+]c1ccc(OC2C(C)(C)C(Oc3ccc(C(=O)N4CCC(N5Cc6cc7c(cc6C5)C(=O)N(C5CCC(=O)NC5=O)C7=O)CC4)cc3)C2(C)C)cc1Cl. The van der Waals surface area contributed by atoms with Crippen LogP contribution in [0.3, 0.4) is 0 Å². The Labute approximate surface area is 324 Å². The lowest BCUT2D eigenvalue weighted by Crippen LogP contribution is -2.71. The molecule has 3 aromatic rings. The van der Waals surface area contributed by atoms with E-state index in [2.05, 4.69) is 42.8 Å². The van der Waals surface area contributed by atoms with E-state index in [1.807, 2.05) is 29.2 Å². The van der Waals surface area contributed by atoms with Gasteiger partial charge in [-0.05, 0) is 78.9 Å². The zero-order valence-corrected chi connectivity index (χ0v) is 31.9. The van der Waals surface area contributed by atoms with Crippen LogP contribution in [0.2, 0.25) is 5.02 Å². The maximum absolute atomic E-state index is 13.6. The van der Waals surface area contributed by atoms with Crippen molar-refractivity contribution in [1.29, 1.82) is 0 Å². The number of likely N-dealkylation sites (tertiary alicyclic amines) is 1. The normalized spacial score (nSPS) is 24.5. The second kappa shape index (κ2) is 13.5. The highest BCUT2D eigenvalue weighted by Crippen LogP contribution is 2.57. The Balaban J connectivity index is 0.846. The second-order valence-corrected chi connectivity index (χ2v) is 16.8. The fourth-order valence-electron chi connectivity index (χ4n) is 9.57. The average Bonchev–Trinajstić information content (AvgIpc) is 3.69.